The van der Waals surface area contributed by atoms with Gasteiger partial charge in [0, 0.05) is 18.5 Å². The summed E-state index contributed by atoms with van der Waals surface area (Å²) in [7, 11) is 0. The zero-order valence-electron chi connectivity index (χ0n) is 14.3. The number of aryl methyl sites for hydroxylation is 1. The van der Waals surface area contributed by atoms with Crippen molar-refractivity contribution >= 4 is 22.3 Å². The molecule has 2 N–H and O–H groups in total. The van der Waals surface area contributed by atoms with Crippen molar-refractivity contribution in [1.29, 1.82) is 0 Å². The van der Waals surface area contributed by atoms with Gasteiger partial charge >= 0.3 is 11.2 Å². The Balaban J connectivity index is 2.08. The molecule has 0 bridgehead atoms. The molecule has 0 saturated heterocycles. The number of aliphatic hydroxyl groups excluding tert-OH is 1. The maximum atomic E-state index is 12.6. The minimum absolute atomic E-state index is 0.0461. The normalized spacial score (nSPS) is 12.1. The molecule has 1 aromatic heterocycles. The summed E-state index contributed by atoms with van der Waals surface area (Å²) < 4.78 is 1.38. The maximum Gasteiger partial charge on any atom is 0.357 e. The number of para-hydroxylation sites is 1. The lowest BCUT2D eigenvalue weighted by Crippen LogP contribution is -2.25. The molecule has 0 spiro atoms. The van der Waals surface area contributed by atoms with E-state index in [0.717, 1.165) is 0 Å². The Morgan fingerprint density at radius 1 is 1.15 bits per heavy atom. The van der Waals surface area contributed by atoms with Crippen molar-refractivity contribution < 1.29 is 10.0 Å². The number of aliphatic hydroxyl groups is 1. The number of hydrogen-bond donors (Lipinski definition) is 2. The second-order valence-corrected chi connectivity index (χ2v) is 5.85. The van der Waals surface area contributed by atoms with Crippen LogP contribution in [0.3, 0.4) is 0 Å². The molecule has 134 valence electrons. The van der Waals surface area contributed by atoms with Crippen LogP contribution in [0.25, 0.3) is 10.9 Å². The fourth-order valence-corrected chi connectivity index (χ4v) is 3.05. The van der Waals surface area contributed by atoms with E-state index in [-0.39, 0.29) is 12.2 Å². The van der Waals surface area contributed by atoms with Crippen LogP contribution in [0.5, 0.6) is 0 Å². The molecule has 0 aliphatic carbocycles. The predicted molar refractivity (Wildman–Crippen MR) is 100 cm³/mol. The van der Waals surface area contributed by atoms with Crippen molar-refractivity contribution in [2.75, 3.05) is 11.9 Å². The van der Waals surface area contributed by atoms with Gasteiger partial charge in [0.25, 0.3) is 0 Å². The van der Waals surface area contributed by atoms with Gasteiger partial charge in [0.1, 0.15) is 5.69 Å². The maximum absolute atomic E-state index is 12.6. The topological polar surface area (TPSA) is 97.4 Å². The molecule has 0 amide bonds. The van der Waals surface area contributed by atoms with Gasteiger partial charge < -0.3 is 15.0 Å². The van der Waals surface area contributed by atoms with Crippen molar-refractivity contribution in [3.63, 3.8) is 0 Å². The molecule has 0 aliphatic rings. The van der Waals surface area contributed by atoms with Crippen LogP contribution in [-0.2, 0) is 6.54 Å². The Kier molecular flexibility index (Phi) is 4.99. The van der Waals surface area contributed by atoms with E-state index < -0.39 is 22.3 Å². The fourth-order valence-electron chi connectivity index (χ4n) is 3.05. The van der Waals surface area contributed by atoms with Crippen LogP contribution >= 0.6 is 0 Å². The Labute approximate surface area is 149 Å². The largest absolute Gasteiger partial charge is 0.387 e. The number of nitrogens with zero attached hydrogens (tertiary/aromatic N) is 2. The molecular formula is C19H19N3O4. The van der Waals surface area contributed by atoms with Gasteiger partial charge in [-0.25, -0.2) is 0 Å². The molecule has 1 atom stereocenters. The summed E-state index contributed by atoms with van der Waals surface area (Å²) in [4.78, 5) is 23.5. The van der Waals surface area contributed by atoms with E-state index in [1.54, 1.807) is 55.5 Å². The Bertz CT molecular complexity index is 999. The van der Waals surface area contributed by atoms with Crippen LogP contribution in [0.1, 0.15) is 18.6 Å². The van der Waals surface area contributed by atoms with Crippen LogP contribution in [0, 0.1) is 10.1 Å². The van der Waals surface area contributed by atoms with Gasteiger partial charge in [-0.15, -0.1) is 0 Å². The lowest BCUT2D eigenvalue weighted by molar-refractivity contribution is -0.385. The summed E-state index contributed by atoms with van der Waals surface area (Å²) in [5.74, 6) is 0. The zero-order chi connectivity index (χ0) is 18.7. The monoisotopic (exact) mass is 353 g/mol. The van der Waals surface area contributed by atoms with E-state index in [0.29, 0.717) is 23.0 Å². The number of benzene rings is 2. The molecule has 2 aromatic carbocycles. The fraction of sp³-hybridized carbons (Fsp3) is 0.211. The van der Waals surface area contributed by atoms with Crippen LogP contribution < -0.4 is 10.9 Å². The molecule has 0 unspecified atom stereocenters. The quantitative estimate of drug-likeness (QED) is 0.524. The highest BCUT2D eigenvalue weighted by Crippen LogP contribution is 2.30. The van der Waals surface area contributed by atoms with E-state index in [1.165, 1.54) is 4.57 Å². The van der Waals surface area contributed by atoms with Crippen LogP contribution in [0.4, 0.5) is 11.4 Å². The highest BCUT2D eigenvalue weighted by molar-refractivity contribution is 5.96. The van der Waals surface area contributed by atoms with E-state index in [1.807, 2.05) is 6.07 Å². The van der Waals surface area contributed by atoms with E-state index in [9.17, 15) is 20.0 Å². The van der Waals surface area contributed by atoms with Crippen molar-refractivity contribution in [3.05, 3.63) is 80.6 Å². The molecule has 7 nitrogen and oxygen atoms in total. The number of hydrogen-bond acceptors (Lipinski definition) is 5. The van der Waals surface area contributed by atoms with E-state index in [4.69, 9.17) is 0 Å². The van der Waals surface area contributed by atoms with Crippen LogP contribution in [0.2, 0.25) is 0 Å². The van der Waals surface area contributed by atoms with Gasteiger partial charge in [-0.05, 0) is 18.6 Å². The standard InChI is InChI=1S/C19H19N3O4/c1-2-21-15-11-7-6-10-14(15)17(18(19(21)24)22(25)26)20-12-16(23)13-8-4-3-5-9-13/h3-11,16,20,23H,2,12H2,1H3/t16-/m0/s1. The lowest BCUT2D eigenvalue weighted by atomic mass is 10.1. The first-order valence-electron chi connectivity index (χ1n) is 8.31. The number of nitro groups is 1. The van der Waals surface area contributed by atoms with E-state index in [2.05, 4.69) is 5.32 Å². The van der Waals surface area contributed by atoms with Gasteiger partial charge in [0.05, 0.1) is 16.5 Å². The number of nitrogens with one attached hydrogen (secondary N) is 1. The smallest absolute Gasteiger partial charge is 0.357 e. The van der Waals surface area contributed by atoms with Gasteiger partial charge in [-0.3, -0.25) is 14.9 Å². The molecule has 0 fully saturated rings. The molecule has 26 heavy (non-hydrogen) atoms. The molecule has 3 aromatic rings. The molecule has 7 heteroatoms. The molecular weight excluding hydrogens is 334 g/mol. The Morgan fingerprint density at radius 3 is 2.46 bits per heavy atom. The average molecular weight is 353 g/mol. The zero-order valence-corrected chi connectivity index (χ0v) is 14.3. The minimum Gasteiger partial charge on any atom is -0.387 e. The third kappa shape index (κ3) is 3.16. The van der Waals surface area contributed by atoms with Crippen molar-refractivity contribution in [1.82, 2.24) is 4.57 Å². The third-order valence-corrected chi connectivity index (χ3v) is 4.30. The second kappa shape index (κ2) is 7.37. The summed E-state index contributed by atoms with van der Waals surface area (Å²) in [6, 6.07) is 16.0. The first-order valence-corrected chi connectivity index (χ1v) is 8.31. The van der Waals surface area contributed by atoms with Crippen LogP contribution in [0.15, 0.2) is 59.4 Å². The second-order valence-electron chi connectivity index (χ2n) is 5.85. The average Bonchev–Trinajstić information content (AvgIpc) is 2.66. The predicted octanol–water partition coefficient (Wildman–Crippen LogP) is 3.08. The van der Waals surface area contributed by atoms with Gasteiger partial charge in [0.15, 0.2) is 0 Å². The molecule has 0 saturated carbocycles. The van der Waals surface area contributed by atoms with E-state index >= 15 is 0 Å². The number of pyridine rings is 1. The molecule has 1 heterocycles. The SMILES string of the molecule is CCn1c(=O)c([N+](=O)[O-])c(NC[C@H](O)c2ccccc2)c2ccccc21. The van der Waals surface area contributed by atoms with Gasteiger partial charge in [0.2, 0.25) is 0 Å². The Morgan fingerprint density at radius 2 is 1.81 bits per heavy atom. The first kappa shape index (κ1) is 17.6. The summed E-state index contributed by atoms with van der Waals surface area (Å²) in [6.07, 6.45) is -0.858. The Hall–Kier alpha value is -3.19. The minimum atomic E-state index is -0.858. The van der Waals surface area contributed by atoms with Gasteiger partial charge in [-0.2, -0.15) is 0 Å². The molecule has 0 radical (unpaired) electrons. The summed E-state index contributed by atoms with van der Waals surface area (Å²) in [6.45, 7) is 2.14. The number of anilines is 1. The molecule has 3 rings (SSSR count). The first-order chi connectivity index (χ1) is 12.5. The van der Waals surface area contributed by atoms with Crippen molar-refractivity contribution in [2.45, 2.75) is 19.6 Å². The number of aromatic nitrogens is 1. The number of rotatable bonds is 6. The van der Waals surface area contributed by atoms with Crippen molar-refractivity contribution in [3.8, 4) is 0 Å². The summed E-state index contributed by atoms with van der Waals surface area (Å²) in [5, 5.41) is 25.4. The lowest BCUT2D eigenvalue weighted by Gasteiger charge is -2.16. The highest BCUT2D eigenvalue weighted by atomic mass is 16.6. The van der Waals surface area contributed by atoms with Crippen LogP contribution in [-0.4, -0.2) is 21.1 Å². The summed E-state index contributed by atoms with van der Waals surface area (Å²) >= 11 is 0. The summed E-state index contributed by atoms with van der Waals surface area (Å²) in [5.41, 5.74) is 0.269. The highest BCUT2D eigenvalue weighted by Gasteiger charge is 2.25. The molecule has 0 aliphatic heterocycles. The van der Waals surface area contributed by atoms with Gasteiger partial charge in [-0.1, -0.05) is 48.5 Å². The number of fused-ring (bicyclic) bond motifs is 1. The third-order valence-electron chi connectivity index (χ3n) is 4.30. The van der Waals surface area contributed by atoms with Crippen molar-refractivity contribution in [2.24, 2.45) is 0 Å².